The Labute approximate surface area is 191 Å². The van der Waals surface area contributed by atoms with Crippen LogP contribution >= 0.6 is 11.6 Å². The first-order chi connectivity index (χ1) is 15.3. The average molecular weight is 473 g/mol. The molecule has 3 rings (SSSR count). The third-order valence-electron chi connectivity index (χ3n) is 4.26. The summed E-state index contributed by atoms with van der Waals surface area (Å²) in [5.41, 5.74) is 4.34. The van der Waals surface area contributed by atoms with Crippen LogP contribution in [0.1, 0.15) is 28.4 Å². The summed E-state index contributed by atoms with van der Waals surface area (Å²) in [5, 5.41) is 4.46. The van der Waals surface area contributed by atoms with E-state index < -0.39 is 16.0 Å². The lowest BCUT2D eigenvalue weighted by Gasteiger charge is -2.12. The summed E-state index contributed by atoms with van der Waals surface area (Å²) in [7, 11) is -4.03. The maximum atomic E-state index is 12.6. The summed E-state index contributed by atoms with van der Waals surface area (Å²) in [6.45, 7) is 3.93. The quantitative estimate of drug-likeness (QED) is 0.294. The molecule has 32 heavy (non-hydrogen) atoms. The number of rotatable bonds is 8. The lowest BCUT2D eigenvalue weighted by molar-refractivity contribution is 0.0955. The summed E-state index contributed by atoms with van der Waals surface area (Å²) < 4.78 is 36.0. The maximum absolute atomic E-state index is 12.6. The Kier molecular flexibility index (Phi) is 7.50. The molecule has 0 saturated carbocycles. The van der Waals surface area contributed by atoms with Crippen molar-refractivity contribution >= 4 is 33.8 Å². The smallest absolute Gasteiger partial charge is 0.339 e. The first-order valence-electron chi connectivity index (χ1n) is 9.65. The van der Waals surface area contributed by atoms with Crippen LogP contribution in [0.2, 0.25) is 5.02 Å². The second kappa shape index (κ2) is 10.3. The standard InChI is InChI=1S/C23H21ClN2O5S/c1-3-30-22-14-17(15-25-26-23(27)18-7-9-19(24)10-8-18)6-13-21(22)31-32(28,29)20-11-4-16(2)5-12-20/h4-15H,3H2,1-2H3,(H,26,27)/b25-15-. The van der Waals surface area contributed by atoms with Gasteiger partial charge in [0.1, 0.15) is 4.90 Å². The van der Waals surface area contributed by atoms with Gasteiger partial charge < -0.3 is 8.92 Å². The molecule has 0 aliphatic carbocycles. The zero-order valence-electron chi connectivity index (χ0n) is 17.4. The number of hydrogen-bond donors (Lipinski definition) is 1. The first kappa shape index (κ1) is 23.3. The highest BCUT2D eigenvalue weighted by molar-refractivity contribution is 7.87. The molecule has 0 heterocycles. The average Bonchev–Trinajstić information content (AvgIpc) is 2.76. The van der Waals surface area contributed by atoms with Crippen molar-refractivity contribution in [2.24, 2.45) is 5.10 Å². The summed E-state index contributed by atoms with van der Waals surface area (Å²) in [4.78, 5) is 12.1. The minimum atomic E-state index is -4.03. The van der Waals surface area contributed by atoms with Crippen LogP contribution in [-0.2, 0) is 10.1 Å². The van der Waals surface area contributed by atoms with E-state index in [0.717, 1.165) is 5.56 Å². The third-order valence-corrected chi connectivity index (χ3v) is 5.76. The van der Waals surface area contributed by atoms with Gasteiger partial charge in [-0.25, -0.2) is 5.43 Å². The zero-order chi connectivity index (χ0) is 23.1. The van der Waals surface area contributed by atoms with Crippen molar-refractivity contribution in [1.29, 1.82) is 0 Å². The molecule has 0 aliphatic heterocycles. The van der Waals surface area contributed by atoms with Crippen LogP contribution in [0.5, 0.6) is 11.5 Å². The van der Waals surface area contributed by atoms with E-state index in [2.05, 4.69) is 10.5 Å². The molecule has 0 atom stereocenters. The molecule has 0 aliphatic rings. The molecule has 3 aromatic carbocycles. The van der Waals surface area contributed by atoms with Gasteiger partial charge in [-0.15, -0.1) is 0 Å². The van der Waals surface area contributed by atoms with E-state index in [4.69, 9.17) is 20.5 Å². The molecule has 0 aromatic heterocycles. The molecule has 1 N–H and O–H groups in total. The van der Waals surface area contributed by atoms with Crippen LogP contribution < -0.4 is 14.3 Å². The fourth-order valence-corrected chi connectivity index (χ4v) is 3.71. The Morgan fingerprint density at radius 2 is 1.72 bits per heavy atom. The SMILES string of the molecule is CCOc1cc(/C=N\NC(=O)c2ccc(Cl)cc2)ccc1OS(=O)(=O)c1ccc(C)cc1. The van der Waals surface area contributed by atoms with Crippen LogP contribution in [0.25, 0.3) is 0 Å². The lowest BCUT2D eigenvalue weighted by Crippen LogP contribution is -2.17. The first-order valence-corrected chi connectivity index (χ1v) is 11.4. The molecule has 1 amide bonds. The predicted molar refractivity (Wildman–Crippen MR) is 123 cm³/mol. The van der Waals surface area contributed by atoms with E-state index in [-0.39, 0.29) is 16.4 Å². The Morgan fingerprint density at radius 1 is 1.03 bits per heavy atom. The zero-order valence-corrected chi connectivity index (χ0v) is 19.0. The van der Waals surface area contributed by atoms with Crippen LogP contribution in [0.15, 0.2) is 76.7 Å². The van der Waals surface area contributed by atoms with Gasteiger partial charge in [-0.05, 0) is 74.0 Å². The lowest BCUT2D eigenvalue weighted by atomic mass is 10.2. The van der Waals surface area contributed by atoms with Crippen molar-refractivity contribution in [1.82, 2.24) is 5.43 Å². The van der Waals surface area contributed by atoms with Crippen LogP contribution in [0.3, 0.4) is 0 Å². The topological polar surface area (TPSA) is 94.1 Å². The van der Waals surface area contributed by atoms with E-state index in [1.54, 1.807) is 55.5 Å². The predicted octanol–water partition coefficient (Wildman–Crippen LogP) is 4.58. The Morgan fingerprint density at radius 3 is 2.38 bits per heavy atom. The molecule has 3 aromatic rings. The van der Waals surface area contributed by atoms with Gasteiger partial charge in [0.2, 0.25) is 0 Å². The molecule has 0 saturated heterocycles. The number of ether oxygens (including phenoxy) is 1. The summed E-state index contributed by atoms with van der Waals surface area (Å²) in [6, 6.07) is 17.4. The van der Waals surface area contributed by atoms with Gasteiger partial charge in [0.05, 0.1) is 12.8 Å². The molecular formula is C23H21ClN2O5S. The van der Waals surface area contributed by atoms with E-state index >= 15 is 0 Å². The van der Waals surface area contributed by atoms with Gasteiger partial charge in [-0.2, -0.15) is 13.5 Å². The monoisotopic (exact) mass is 472 g/mol. The minimum absolute atomic E-state index is 0.0427. The van der Waals surface area contributed by atoms with Crippen LogP contribution in [0.4, 0.5) is 0 Å². The number of carbonyl (C=O) groups excluding carboxylic acids is 1. The number of amides is 1. The van der Waals surface area contributed by atoms with Gasteiger partial charge in [-0.3, -0.25) is 4.79 Å². The Hall–Kier alpha value is -3.36. The molecule has 0 unspecified atom stereocenters. The van der Waals surface area contributed by atoms with Crippen molar-refractivity contribution in [3.8, 4) is 11.5 Å². The number of aryl methyl sites for hydroxylation is 1. The van der Waals surface area contributed by atoms with Crippen molar-refractivity contribution in [3.63, 3.8) is 0 Å². The third kappa shape index (κ3) is 6.09. The summed E-state index contributed by atoms with van der Waals surface area (Å²) >= 11 is 5.81. The minimum Gasteiger partial charge on any atom is -0.490 e. The molecule has 7 nitrogen and oxygen atoms in total. The van der Waals surface area contributed by atoms with Gasteiger partial charge in [-0.1, -0.05) is 29.3 Å². The Balaban J connectivity index is 1.75. The molecule has 0 radical (unpaired) electrons. The highest BCUT2D eigenvalue weighted by Crippen LogP contribution is 2.31. The number of hydrogen-bond acceptors (Lipinski definition) is 6. The largest absolute Gasteiger partial charge is 0.490 e. The van der Waals surface area contributed by atoms with Crippen LogP contribution in [-0.4, -0.2) is 27.1 Å². The Bertz CT molecular complexity index is 1220. The highest BCUT2D eigenvalue weighted by Gasteiger charge is 2.19. The van der Waals surface area contributed by atoms with E-state index in [9.17, 15) is 13.2 Å². The number of nitrogens with one attached hydrogen (secondary N) is 1. The molecule has 0 spiro atoms. The van der Waals surface area contributed by atoms with E-state index in [1.165, 1.54) is 24.4 Å². The summed E-state index contributed by atoms with van der Waals surface area (Å²) in [5.74, 6) is -0.113. The van der Waals surface area contributed by atoms with Crippen LogP contribution in [0, 0.1) is 6.92 Å². The fourth-order valence-electron chi connectivity index (χ4n) is 2.64. The normalized spacial score (nSPS) is 11.3. The maximum Gasteiger partial charge on any atom is 0.339 e. The van der Waals surface area contributed by atoms with Gasteiger partial charge >= 0.3 is 10.1 Å². The fraction of sp³-hybridized carbons (Fsp3) is 0.130. The number of carbonyl (C=O) groups is 1. The molecule has 0 bridgehead atoms. The number of nitrogens with zero attached hydrogens (tertiary/aromatic N) is 1. The molecule has 166 valence electrons. The molecular weight excluding hydrogens is 452 g/mol. The number of hydrazone groups is 1. The van der Waals surface area contributed by atoms with Gasteiger partial charge in [0.15, 0.2) is 11.5 Å². The summed E-state index contributed by atoms with van der Waals surface area (Å²) in [6.07, 6.45) is 1.41. The second-order valence-electron chi connectivity index (χ2n) is 6.70. The van der Waals surface area contributed by atoms with E-state index in [1.807, 2.05) is 6.92 Å². The van der Waals surface area contributed by atoms with Gasteiger partial charge in [0, 0.05) is 10.6 Å². The number of halogens is 1. The van der Waals surface area contributed by atoms with Crippen molar-refractivity contribution < 1.29 is 22.1 Å². The number of benzene rings is 3. The van der Waals surface area contributed by atoms with Crippen molar-refractivity contribution in [2.45, 2.75) is 18.7 Å². The molecule has 9 heteroatoms. The highest BCUT2D eigenvalue weighted by atomic mass is 35.5. The van der Waals surface area contributed by atoms with Gasteiger partial charge in [0.25, 0.3) is 5.91 Å². The molecule has 0 fully saturated rings. The van der Waals surface area contributed by atoms with Crippen molar-refractivity contribution in [3.05, 3.63) is 88.4 Å². The van der Waals surface area contributed by atoms with E-state index in [0.29, 0.717) is 22.8 Å². The van der Waals surface area contributed by atoms with Crippen molar-refractivity contribution in [2.75, 3.05) is 6.61 Å². The second-order valence-corrected chi connectivity index (χ2v) is 8.68.